The minimum Gasteiger partial charge on any atom is -0.543 e. The molecule has 3 aromatic carbocycles. The van der Waals surface area contributed by atoms with E-state index in [0.29, 0.717) is 36.4 Å². The first-order valence-electron chi connectivity index (χ1n) is 18.1. The van der Waals surface area contributed by atoms with Gasteiger partial charge in [-0.1, -0.05) is 121 Å². The van der Waals surface area contributed by atoms with E-state index in [1.165, 1.54) is 13.3 Å². The summed E-state index contributed by atoms with van der Waals surface area (Å²) in [5, 5.41) is -0.0619. The third kappa shape index (κ3) is 8.11. The molecule has 2 aliphatic rings. The Morgan fingerprint density at radius 1 is 0.878 bits per heavy atom. The van der Waals surface area contributed by atoms with E-state index in [0.717, 1.165) is 47.9 Å². The zero-order valence-corrected chi connectivity index (χ0v) is 32.4. The normalized spacial score (nSPS) is 22.8. The minimum atomic E-state index is -2.36. The molecule has 49 heavy (non-hydrogen) atoms. The van der Waals surface area contributed by atoms with Crippen LogP contribution in [-0.2, 0) is 22.7 Å². The fourth-order valence-electron chi connectivity index (χ4n) is 8.25. The van der Waals surface area contributed by atoms with Crippen molar-refractivity contribution < 1.29 is 23.4 Å². The van der Waals surface area contributed by atoms with Gasteiger partial charge in [0.05, 0.1) is 0 Å². The van der Waals surface area contributed by atoms with Crippen LogP contribution in [-0.4, -0.2) is 14.3 Å². The highest BCUT2D eigenvalue weighted by molar-refractivity contribution is 6.74. The molecular weight excluding hydrogens is 625 g/mol. The van der Waals surface area contributed by atoms with Gasteiger partial charge in [-0.15, -0.1) is 0 Å². The maximum atomic E-state index is 13.1. The molecule has 0 bridgehead atoms. The van der Waals surface area contributed by atoms with E-state index in [4.69, 9.17) is 18.6 Å². The predicted molar refractivity (Wildman–Crippen MR) is 201 cm³/mol. The van der Waals surface area contributed by atoms with Gasteiger partial charge < -0.3 is 18.6 Å². The van der Waals surface area contributed by atoms with Crippen molar-refractivity contribution in [2.75, 3.05) is 0 Å². The number of benzene rings is 3. The van der Waals surface area contributed by atoms with E-state index in [1.54, 1.807) is 0 Å². The van der Waals surface area contributed by atoms with Crippen LogP contribution < -0.4 is 13.9 Å². The summed E-state index contributed by atoms with van der Waals surface area (Å²) in [6, 6.07) is 24.3. The van der Waals surface area contributed by atoms with Crippen molar-refractivity contribution in [1.29, 1.82) is 0 Å². The van der Waals surface area contributed by atoms with E-state index >= 15 is 0 Å². The van der Waals surface area contributed by atoms with E-state index < -0.39 is 14.4 Å². The van der Waals surface area contributed by atoms with Crippen LogP contribution in [0.25, 0.3) is 0 Å². The fraction of sp³-hybridized carbons (Fsp3) is 0.512. The summed E-state index contributed by atoms with van der Waals surface area (Å²) in [5.74, 6) is 1.99. The number of fused-ring (bicyclic) bond motifs is 1. The van der Waals surface area contributed by atoms with E-state index in [2.05, 4.69) is 85.5 Å². The maximum absolute atomic E-state index is 13.1. The number of ether oxygens (including phenoxy) is 3. The van der Waals surface area contributed by atoms with Crippen LogP contribution in [0.1, 0.15) is 103 Å². The minimum absolute atomic E-state index is 0.0619. The molecule has 0 radical (unpaired) electrons. The summed E-state index contributed by atoms with van der Waals surface area (Å²) in [5.41, 5.74) is 4.17. The van der Waals surface area contributed by atoms with Gasteiger partial charge in [-0.25, -0.2) is 0 Å². The van der Waals surface area contributed by atoms with Crippen LogP contribution in [0.3, 0.4) is 0 Å². The standard InChI is InChI=1S/C43H58O5Si/c1-30-22-23-38-42(6,7)24-17-25-43(38,8)39(30)40(47-31(2)44)34-26-36(45-28-32-18-13-11-14-19-32)37(46-29-33-20-15-12-16-21-33)27-35(34)48-49(9,10)41(3,4)5/h11-16,18-21,26-27,38-40H,1,17,22-25,28-29H2,2-10H3/t38?,39-,40+,43+/m1/s1. The number of carbonyl (C=O) groups is 1. The number of esters is 1. The van der Waals surface area contributed by atoms with Gasteiger partial charge in [0, 0.05) is 24.5 Å². The van der Waals surface area contributed by atoms with E-state index in [1.807, 2.05) is 48.5 Å². The van der Waals surface area contributed by atoms with Crippen LogP contribution in [0.15, 0.2) is 84.9 Å². The summed E-state index contributed by atoms with van der Waals surface area (Å²) in [7, 11) is -2.36. The van der Waals surface area contributed by atoms with Crippen molar-refractivity contribution in [2.24, 2.45) is 22.7 Å². The number of carbonyl (C=O) groups excluding carboxylic acids is 1. The van der Waals surface area contributed by atoms with Crippen molar-refractivity contribution in [3.8, 4) is 17.2 Å². The number of rotatable bonds is 11. The molecule has 0 heterocycles. The predicted octanol–water partition coefficient (Wildman–Crippen LogP) is 11.6. The molecular formula is C43H58O5Si. The highest BCUT2D eigenvalue weighted by Crippen LogP contribution is 2.64. The first-order chi connectivity index (χ1) is 23.0. The van der Waals surface area contributed by atoms with Gasteiger partial charge in [-0.2, -0.15) is 0 Å². The second-order valence-corrected chi connectivity index (χ2v) is 21.6. The zero-order chi connectivity index (χ0) is 35.6. The molecule has 0 amide bonds. The molecule has 5 nitrogen and oxygen atoms in total. The van der Waals surface area contributed by atoms with Gasteiger partial charge in [0.25, 0.3) is 0 Å². The largest absolute Gasteiger partial charge is 0.543 e. The second-order valence-electron chi connectivity index (χ2n) is 16.9. The number of hydrogen-bond acceptors (Lipinski definition) is 5. The lowest BCUT2D eigenvalue weighted by Crippen LogP contribution is -2.51. The molecule has 4 atom stereocenters. The third-order valence-corrected chi connectivity index (χ3v) is 16.1. The second kappa shape index (κ2) is 14.4. The molecule has 0 aromatic heterocycles. The van der Waals surface area contributed by atoms with Gasteiger partial charge >= 0.3 is 5.97 Å². The zero-order valence-electron chi connectivity index (χ0n) is 31.4. The third-order valence-electron chi connectivity index (χ3n) is 11.8. The molecule has 0 saturated heterocycles. The Kier molecular flexibility index (Phi) is 10.8. The van der Waals surface area contributed by atoms with Crippen LogP contribution in [0.2, 0.25) is 18.1 Å². The molecule has 2 saturated carbocycles. The molecule has 6 heteroatoms. The Morgan fingerprint density at radius 2 is 1.43 bits per heavy atom. The summed E-state index contributed by atoms with van der Waals surface area (Å²) < 4.78 is 26.8. The first-order valence-corrected chi connectivity index (χ1v) is 21.0. The van der Waals surface area contributed by atoms with Crippen molar-refractivity contribution in [3.63, 3.8) is 0 Å². The number of hydrogen-bond donors (Lipinski definition) is 0. The van der Waals surface area contributed by atoms with Crippen molar-refractivity contribution in [2.45, 2.75) is 118 Å². The molecule has 5 rings (SSSR count). The highest BCUT2D eigenvalue weighted by atomic mass is 28.4. The molecule has 264 valence electrons. The lowest BCUT2D eigenvalue weighted by molar-refractivity contribution is -0.158. The van der Waals surface area contributed by atoms with Crippen molar-refractivity contribution >= 4 is 14.3 Å². The lowest BCUT2D eigenvalue weighted by atomic mass is 9.46. The van der Waals surface area contributed by atoms with Gasteiger partial charge in [0.2, 0.25) is 8.32 Å². The monoisotopic (exact) mass is 682 g/mol. The van der Waals surface area contributed by atoms with E-state index in [9.17, 15) is 4.79 Å². The highest BCUT2D eigenvalue weighted by Gasteiger charge is 2.56. The average Bonchev–Trinajstić information content (AvgIpc) is 3.02. The van der Waals surface area contributed by atoms with Crippen LogP contribution in [0.5, 0.6) is 17.2 Å². The first kappa shape index (κ1) is 36.8. The summed E-state index contributed by atoms with van der Waals surface area (Å²) >= 11 is 0. The lowest BCUT2D eigenvalue weighted by Gasteiger charge is -2.59. The molecule has 3 aromatic rings. The Morgan fingerprint density at radius 3 is 1.96 bits per heavy atom. The summed E-state index contributed by atoms with van der Waals surface area (Å²) in [6.07, 6.45) is 4.85. The molecule has 0 spiro atoms. The van der Waals surface area contributed by atoms with E-state index in [-0.39, 0.29) is 27.8 Å². The van der Waals surface area contributed by atoms with Gasteiger partial charge in [0.1, 0.15) is 25.1 Å². The Labute approximate surface area is 296 Å². The Bertz CT molecular complexity index is 1610. The maximum Gasteiger partial charge on any atom is 0.303 e. The summed E-state index contributed by atoms with van der Waals surface area (Å²) in [4.78, 5) is 13.1. The van der Waals surface area contributed by atoms with Gasteiger partial charge in [-0.3, -0.25) is 4.79 Å². The topological polar surface area (TPSA) is 54.0 Å². The molecule has 0 aliphatic heterocycles. The Balaban J connectivity index is 1.69. The molecule has 2 fully saturated rings. The summed E-state index contributed by atoms with van der Waals surface area (Å²) in [6.45, 7) is 25.4. The van der Waals surface area contributed by atoms with Gasteiger partial charge in [-0.05, 0) is 77.8 Å². The van der Waals surface area contributed by atoms with Crippen LogP contribution >= 0.6 is 0 Å². The SMILES string of the molecule is C=C1CCC2C(C)(C)CCC[C@]2(C)[C@H]1[C@@H](OC(C)=O)c1cc(OCc2ccccc2)c(OCc2ccccc2)cc1O[Si](C)(C)C(C)(C)C. The van der Waals surface area contributed by atoms with Gasteiger partial charge in [0.15, 0.2) is 11.5 Å². The molecule has 0 N–H and O–H groups in total. The van der Waals surface area contributed by atoms with Crippen LogP contribution in [0, 0.1) is 22.7 Å². The quantitative estimate of drug-likeness (QED) is 0.114. The smallest absolute Gasteiger partial charge is 0.303 e. The van der Waals surface area contributed by atoms with Crippen molar-refractivity contribution in [1.82, 2.24) is 0 Å². The molecule has 1 unspecified atom stereocenters. The average molecular weight is 683 g/mol. The van der Waals surface area contributed by atoms with Crippen LogP contribution in [0.4, 0.5) is 0 Å². The van der Waals surface area contributed by atoms with Crippen molar-refractivity contribution in [3.05, 3.63) is 102 Å². The fourth-order valence-corrected chi connectivity index (χ4v) is 9.28. The molecule has 2 aliphatic carbocycles. The Hall–Kier alpha value is -3.51.